The van der Waals surface area contributed by atoms with E-state index in [1.54, 1.807) is 12.1 Å². The van der Waals surface area contributed by atoms with Crippen LogP contribution in [-0.2, 0) is 18.0 Å². The number of halogens is 1. The van der Waals surface area contributed by atoms with Crippen LogP contribution in [0.4, 0.5) is 10.1 Å². The number of imidazole rings is 1. The average molecular weight is 397 g/mol. The highest BCUT2D eigenvalue weighted by Gasteiger charge is 2.21. The maximum Gasteiger partial charge on any atom is 0.338 e. The zero-order chi connectivity index (χ0) is 20.5. The molecule has 2 aromatic carbocycles. The number of carboxylic acid groups (broad SMARTS) is 1. The van der Waals surface area contributed by atoms with E-state index in [2.05, 4.69) is 9.88 Å². The third kappa shape index (κ3) is 3.58. The van der Waals surface area contributed by atoms with Gasteiger partial charge in [0.25, 0.3) is 0 Å². The molecule has 0 radical (unpaired) electrons. The van der Waals surface area contributed by atoms with Crippen molar-refractivity contribution in [1.82, 2.24) is 9.55 Å². The number of hydrogen-bond acceptors (Lipinski definition) is 4. The molecule has 7 heteroatoms. The van der Waals surface area contributed by atoms with Crippen LogP contribution in [0.1, 0.15) is 32.9 Å². The topological polar surface area (TPSA) is 67.6 Å². The number of aromatic nitrogens is 2. The van der Waals surface area contributed by atoms with E-state index < -0.39 is 12.6 Å². The summed E-state index contributed by atoms with van der Waals surface area (Å²) in [6.07, 6.45) is 0. The summed E-state index contributed by atoms with van der Waals surface area (Å²) in [6.45, 7) is 6.46. The number of carbonyl (C=O) groups is 1. The van der Waals surface area contributed by atoms with Gasteiger partial charge >= 0.3 is 5.97 Å². The Bertz CT molecular complexity index is 1070. The van der Waals surface area contributed by atoms with Gasteiger partial charge in [0, 0.05) is 25.3 Å². The van der Waals surface area contributed by atoms with E-state index in [0.717, 1.165) is 41.2 Å². The summed E-state index contributed by atoms with van der Waals surface area (Å²) >= 11 is 0. The van der Waals surface area contributed by atoms with Gasteiger partial charge in [-0.2, -0.15) is 0 Å². The number of nitrogens with zero attached hydrogens (tertiary/aromatic N) is 3. The summed E-state index contributed by atoms with van der Waals surface area (Å²) in [4.78, 5) is 18.6. The lowest BCUT2D eigenvalue weighted by molar-refractivity contribution is 0.0699. The zero-order valence-electron chi connectivity index (χ0n) is 16.6. The predicted molar refractivity (Wildman–Crippen MR) is 110 cm³/mol. The summed E-state index contributed by atoms with van der Waals surface area (Å²) < 4.78 is 20.7. The first-order chi connectivity index (χ1) is 14.0. The van der Waals surface area contributed by atoms with Gasteiger partial charge < -0.3 is 19.3 Å². The molecule has 0 aliphatic carbocycles. The number of rotatable bonds is 5. The Kier molecular flexibility index (Phi) is 5.24. The van der Waals surface area contributed by atoms with Crippen molar-refractivity contribution in [3.05, 3.63) is 58.4 Å². The fourth-order valence-corrected chi connectivity index (χ4v) is 3.91. The largest absolute Gasteiger partial charge is 0.478 e. The molecule has 6 nitrogen and oxygen atoms in total. The van der Waals surface area contributed by atoms with Gasteiger partial charge in [-0.25, -0.2) is 14.2 Å². The van der Waals surface area contributed by atoms with Crippen molar-refractivity contribution in [2.75, 3.05) is 31.2 Å². The highest BCUT2D eigenvalue weighted by atomic mass is 19.1. The molecule has 1 N–H and O–H groups in total. The van der Waals surface area contributed by atoms with Gasteiger partial charge in [-0.1, -0.05) is 18.2 Å². The first-order valence-corrected chi connectivity index (χ1v) is 9.69. The highest BCUT2D eigenvalue weighted by Crippen LogP contribution is 2.29. The van der Waals surface area contributed by atoms with Crippen molar-refractivity contribution in [2.45, 2.75) is 27.1 Å². The summed E-state index contributed by atoms with van der Waals surface area (Å²) in [6, 6.07) is 9.32. The molecule has 0 saturated carbocycles. The number of ether oxygens (including phenoxy) is 1. The summed E-state index contributed by atoms with van der Waals surface area (Å²) in [5.74, 6) is -0.267. The molecule has 2 heterocycles. The van der Waals surface area contributed by atoms with E-state index >= 15 is 0 Å². The number of alkyl halides is 1. The molecule has 1 saturated heterocycles. The smallest absolute Gasteiger partial charge is 0.338 e. The third-order valence-corrected chi connectivity index (χ3v) is 5.67. The minimum Gasteiger partial charge on any atom is -0.478 e. The molecular formula is C22H24FN3O3. The van der Waals surface area contributed by atoms with Crippen LogP contribution >= 0.6 is 0 Å². The fourth-order valence-electron chi connectivity index (χ4n) is 3.91. The Morgan fingerprint density at radius 2 is 1.93 bits per heavy atom. The zero-order valence-corrected chi connectivity index (χ0v) is 16.6. The molecule has 0 atom stereocenters. The van der Waals surface area contributed by atoms with E-state index in [-0.39, 0.29) is 5.56 Å². The number of morpholine rings is 1. The molecule has 1 aromatic heterocycles. The SMILES string of the molecule is Cc1c(CF)cccc1Cn1c(C)nc2c(C(=O)O)cc(N3CCOCC3)cc21. The van der Waals surface area contributed by atoms with Crippen molar-refractivity contribution >= 4 is 22.7 Å². The summed E-state index contributed by atoms with van der Waals surface area (Å²) in [5, 5.41) is 9.77. The number of anilines is 1. The van der Waals surface area contributed by atoms with E-state index in [1.807, 2.05) is 36.6 Å². The molecule has 0 spiro atoms. The Morgan fingerprint density at radius 1 is 1.21 bits per heavy atom. The summed E-state index contributed by atoms with van der Waals surface area (Å²) in [7, 11) is 0. The maximum atomic E-state index is 13.3. The highest BCUT2D eigenvalue weighted by molar-refractivity contribution is 6.03. The second-order valence-electron chi connectivity index (χ2n) is 7.35. The van der Waals surface area contributed by atoms with Gasteiger partial charge in [-0.05, 0) is 42.7 Å². The van der Waals surface area contributed by atoms with Gasteiger partial charge in [0.2, 0.25) is 0 Å². The lowest BCUT2D eigenvalue weighted by Gasteiger charge is -2.29. The molecule has 0 bridgehead atoms. The van der Waals surface area contributed by atoms with Crippen molar-refractivity contribution in [1.29, 1.82) is 0 Å². The quantitative estimate of drug-likeness (QED) is 0.711. The Morgan fingerprint density at radius 3 is 2.62 bits per heavy atom. The van der Waals surface area contributed by atoms with Gasteiger partial charge in [-0.15, -0.1) is 0 Å². The van der Waals surface area contributed by atoms with E-state index in [4.69, 9.17) is 4.74 Å². The van der Waals surface area contributed by atoms with Crippen LogP contribution < -0.4 is 4.90 Å². The van der Waals surface area contributed by atoms with Crippen LogP contribution in [0.2, 0.25) is 0 Å². The molecule has 1 aliphatic rings. The van der Waals surface area contributed by atoms with Gasteiger partial charge in [0.05, 0.1) is 24.3 Å². The minimum absolute atomic E-state index is 0.195. The van der Waals surface area contributed by atoms with Gasteiger partial charge in [0.1, 0.15) is 18.0 Å². The van der Waals surface area contributed by atoms with Gasteiger partial charge in [0.15, 0.2) is 0 Å². The van der Waals surface area contributed by atoms with Crippen molar-refractivity contribution in [3.63, 3.8) is 0 Å². The second-order valence-corrected chi connectivity index (χ2v) is 7.35. The maximum absolute atomic E-state index is 13.3. The van der Waals surface area contributed by atoms with E-state index in [9.17, 15) is 14.3 Å². The second kappa shape index (κ2) is 7.83. The normalized spacial score (nSPS) is 14.5. The van der Waals surface area contributed by atoms with E-state index in [0.29, 0.717) is 30.8 Å². The minimum atomic E-state index is -0.995. The van der Waals surface area contributed by atoms with Crippen molar-refractivity contribution in [3.8, 4) is 0 Å². The third-order valence-electron chi connectivity index (χ3n) is 5.67. The average Bonchev–Trinajstić information content (AvgIpc) is 3.04. The molecule has 0 amide bonds. The van der Waals surface area contributed by atoms with Crippen molar-refractivity contribution in [2.24, 2.45) is 0 Å². The van der Waals surface area contributed by atoms with Crippen LogP contribution in [0.15, 0.2) is 30.3 Å². The lowest BCUT2D eigenvalue weighted by Crippen LogP contribution is -2.36. The van der Waals surface area contributed by atoms with Crippen LogP contribution in [0.25, 0.3) is 11.0 Å². The number of hydrogen-bond donors (Lipinski definition) is 1. The number of aryl methyl sites for hydroxylation is 1. The molecule has 152 valence electrons. The summed E-state index contributed by atoms with van der Waals surface area (Å²) in [5.41, 5.74) is 4.88. The molecular weight excluding hydrogens is 373 g/mol. The molecule has 4 rings (SSSR count). The first kappa shape index (κ1) is 19.4. The lowest BCUT2D eigenvalue weighted by atomic mass is 10.0. The predicted octanol–water partition coefficient (Wildman–Crippen LogP) is 3.71. The number of fused-ring (bicyclic) bond motifs is 1. The molecule has 3 aromatic rings. The van der Waals surface area contributed by atoms with Crippen LogP contribution in [0, 0.1) is 13.8 Å². The fraction of sp³-hybridized carbons (Fsp3) is 0.364. The molecule has 1 aliphatic heterocycles. The molecule has 0 unspecified atom stereocenters. The first-order valence-electron chi connectivity index (χ1n) is 9.69. The van der Waals surface area contributed by atoms with Crippen molar-refractivity contribution < 1.29 is 19.0 Å². The molecule has 29 heavy (non-hydrogen) atoms. The standard InChI is InChI=1S/C22H24FN3O3/c1-14-16(12-23)4-3-5-17(14)13-26-15(2)24-21-19(22(27)28)10-18(11-20(21)26)25-6-8-29-9-7-25/h3-5,10-11H,6-9,12-13H2,1-2H3,(H,27,28). The van der Waals surface area contributed by atoms with Gasteiger partial charge in [-0.3, -0.25) is 0 Å². The Balaban J connectivity index is 1.85. The number of aromatic carboxylic acids is 1. The Labute approximate surface area is 168 Å². The molecule has 1 fully saturated rings. The Hall–Kier alpha value is -2.93. The monoisotopic (exact) mass is 397 g/mol. The number of benzene rings is 2. The van der Waals surface area contributed by atoms with E-state index in [1.165, 1.54) is 0 Å². The van der Waals surface area contributed by atoms with Crippen LogP contribution in [0.3, 0.4) is 0 Å². The number of carboxylic acids is 1. The van der Waals surface area contributed by atoms with Crippen LogP contribution in [0.5, 0.6) is 0 Å². The van der Waals surface area contributed by atoms with Crippen LogP contribution in [-0.4, -0.2) is 46.9 Å².